The number of fused-ring (bicyclic) bond motifs is 1. The van der Waals surface area contributed by atoms with Crippen LogP contribution in [0, 0.1) is 5.92 Å². The Balaban J connectivity index is 1.22. The molecular formula is C22H24N4O4. The molecular weight excluding hydrogens is 384 g/mol. The Hall–Kier alpha value is -3.13. The van der Waals surface area contributed by atoms with Crippen molar-refractivity contribution < 1.29 is 18.7 Å². The number of likely N-dealkylation sites (tertiary alicyclic amines) is 1. The summed E-state index contributed by atoms with van der Waals surface area (Å²) >= 11 is 0. The summed E-state index contributed by atoms with van der Waals surface area (Å²) in [6.07, 6.45) is 3.99. The lowest BCUT2D eigenvalue weighted by Gasteiger charge is -2.32. The molecule has 2 aliphatic heterocycles. The molecule has 8 nitrogen and oxygen atoms in total. The van der Waals surface area contributed by atoms with Gasteiger partial charge >= 0.3 is 0 Å². The van der Waals surface area contributed by atoms with E-state index in [-0.39, 0.29) is 23.8 Å². The van der Waals surface area contributed by atoms with Gasteiger partial charge in [0.1, 0.15) is 11.4 Å². The zero-order valence-corrected chi connectivity index (χ0v) is 16.6. The third-order valence-corrected chi connectivity index (χ3v) is 5.96. The van der Waals surface area contributed by atoms with Gasteiger partial charge in [0.15, 0.2) is 5.76 Å². The van der Waals surface area contributed by atoms with Crippen LogP contribution >= 0.6 is 0 Å². The molecule has 0 aliphatic carbocycles. The molecule has 0 saturated carbocycles. The van der Waals surface area contributed by atoms with Crippen LogP contribution in [0.4, 0.5) is 5.82 Å². The molecule has 1 N–H and O–H groups in total. The zero-order chi connectivity index (χ0) is 20.5. The highest BCUT2D eigenvalue weighted by atomic mass is 16.5. The van der Waals surface area contributed by atoms with E-state index < -0.39 is 0 Å². The quantitative estimate of drug-likeness (QED) is 0.717. The molecule has 156 valence electrons. The van der Waals surface area contributed by atoms with Crippen molar-refractivity contribution in [2.45, 2.75) is 25.3 Å². The van der Waals surface area contributed by atoms with E-state index in [9.17, 15) is 9.59 Å². The van der Waals surface area contributed by atoms with Gasteiger partial charge in [-0.25, -0.2) is 4.68 Å². The number of carbonyl (C=O) groups excluding carboxylic acids is 2. The number of furan rings is 1. The summed E-state index contributed by atoms with van der Waals surface area (Å²) in [7, 11) is 0. The number of amides is 2. The van der Waals surface area contributed by atoms with Crippen LogP contribution in [-0.4, -0.2) is 52.8 Å². The summed E-state index contributed by atoms with van der Waals surface area (Å²) in [6.45, 7) is 2.34. The first-order valence-electron chi connectivity index (χ1n) is 10.4. The van der Waals surface area contributed by atoms with Gasteiger partial charge in [0.25, 0.3) is 5.91 Å². The molecule has 2 saturated heterocycles. The highest BCUT2D eigenvalue weighted by molar-refractivity contribution is 5.96. The molecule has 8 heteroatoms. The third kappa shape index (κ3) is 3.59. The van der Waals surface area contributed by atoms with Crippen LogP contribution in [0.15, 0.2) is 47.0 Å². The highest BCUT2D eigenvalue weighted by Gasteiger charge is 2.29. The molecule has 0 spiro atoms. The van der Waals surface area contributed by atoms with Gasteiger partial charge in [-0.15, -0.1) is 0 Å². The molecule has 2 aliphatic rings. The maximum atomic E-state index is 12.9. The summed E-state index contributed by atoms with van der Waals surface area (Å²) < 4.78 is 12.9. The molecule has 1 atom stereocenters. The Morgan fingerprint density at radius 3 is 2.70 bits per heavy atom. The monoisotopic (exact) mass is 408 g/mol. The largest absolute Gasteiger partial charge is 0.451 e. The number of hydrogen-bond donors (Lipinski definition) is 1. The van der Waals surface area contributed by atoms with E-state index in [1.807, 2.05) is 39.9 Å². The average molecular weight is 408 g/mol. The average Bonchev–Trinajstić information content (AvgIpc) is 3.53. The SMILES string of the molecule is O=C(Nc1ccnn1C1CCN(C(=O)c2cc3ccccc3o2)CC1)C1CCOC1. The Morgan fingerprint density at radius 1 is 1.10 bits per heavy atom. The minimum absolute atomic E-state index is 0.0215. The van der Waals surface area contributed by atoms with Gasteiger partial charge in [-0.3, -0.25) is 9.59 Å². The van der Waals surface area contributed by atoms with Gasteiger partial charge < -0.3 is 19.4 Å². The fraction of sp³-hybridized carbons (Fsp3) is 0.409. The maximum Gasteiger partial charge on any atom is 0.289 e. The van der Waals surface area contributed by atoms with Crippen molar-refractivity contribution in [3.63, 3.8) is 0 Å². The molecule has 5 rings (SSSR count). The van der Waals surface area contributed by atoms with E-state index in [4.69, 9.17) is 9.15 Å². The van der Waals surface area contributed by atoms with Crippen molar-refractivity contribution >= 4 is 28.6 Å². The second kappa shape index (κ2) is 7.95. The van der Waals surface area contributed by atoms with Crippen LogP contribution in [0.25, 0.3) is 11.0 Å². The standard InChI is InChI=1S/C22H24N4O4/c27-21(16-8-12-29-14-16)24-20-5-9-23-26(20)17-6-10-25(11-7-17)22(28)19-13-15-3-1-2-4-18(15)30-19/h1-5,9,13,16-17H,6-8,10-12,14H2,(H,24,27). The Bertz CT molecular complexity index is 1020. The van der Waals surface area contributed by atoms with Crippen LogP contribution in [0.3, 0.4) is 0 Å². The predicted molar refractivity (Wildman–Crippen MR) is 110 cm³/mol. The lowest BCUT2D eigenvalue weighted by Crippen LogP contribution is -2.39. The fourth-order valence-electron chi connectivity index (χ4n) is 4.23. The Labute approximate surface area is 173 Å². The smallest absolute Gasteiger partial charge is 0.289 e. The number of para-hydroxylation sites is 1. The molecule has 2 aromatic heterocycles. The van der Waals surface area contributed by atoms with Crippen molar-refractivity contribution in [1.29, 1.82) is 0 Å². The Kier molecular flexibility index (Phi) is 5.00. The summed E-state index contributed by atoms with van der Waals surface area (Å²) in [4.78, 5) is 27.1. The number of hydrogen-bond acceptors (Lipinski definition) is 5. The first-order chi connectivity index (χ1) is 14.7. The summed E-state index contributed by atoms with van der Waals surface area (Å²) in [5.74, 6) is 0.873. The van der Waals surface area contributed by atoms with Crippen molar-refractivity contribution in [2.24, 2.45) is 5.92 Å². The van der Waals surface area contributed by atoms with E-state index in [0.717, 1.165) is 30.2 Å². The van der Waals surface area contributed by atoms with E-state index in [2.05, 4.69) is 10.4 Å². The number of aromatic nitrogens is 2. The number of benzene rings is 1. The number of ether oxygens (including phenoxy) is 1. The Morgan fingerprint density at radius 2 is 1.93 bits per heavy atom. The fourth-order valence-corrected chi connectivity index (χ4v) is 4.23. The molecule has 2 fully saturated rings. The van der Waals surface area contributed by atoms with Gasteiger partial charge in [0.05, 0.1) is 24.8 Å². The lowest BCUT2D eigenvalue weighted by atomic mass is 10.0. The normalized spacial score (nSPS) is 20.0. The third-order valence-electron chi connectivity index (χ3n) is 5.96. The number of nitrogens with one attached hydrogen (secondary N) is 1. The highest BCUT2D eigenvalue weighted by Crippen LogP contribution is 2.28. The van der Waals surface area contributed by atoms with E-state index in [1.165, 1.54) is 0 Å². The van der Waals surface area contributed by atoms with E-state index in [1.54, 1.807) is 12.3 Å². The molecule has 1 unspecified atom stereocenters. The van der Waals surface area contributed by atoms with Crippen molar-refractivity contribution in [2.75, 3.05) is 31.6 Å². The van der Waals surface area contributed by atoms with Crippen molar-refractivity contribution in [3.8, 4) is 0 Å². The molecule has 30 heavy (non-hydrogen) atoms. The number of piperidine rings is 1. The summed E-state index contributed by atoms with van der Waals surface area (Å²) in [5, 5.41) is 8.35. The first kappa shape index (κ1) is 18.9. The number of anilines is 1. The molecule has 1 aromatic carbocycles. The van der Waals surface area contributed by atoms with Gasteiger partial charge in [-0.2, -0.15) is 5.10 Å². The predicted octanol–water partition coefficient (Wildman–Crippen LogP) is 3.08. The first-order valence-corrected chi connectivity index (χ1v) is 10.4. The molecule has 2 amide bonds. The molecule has 0 bridgehead atoms. The zero-order valence-electron chi connectivity index (χ0n) is 16.6. The van der Waals surface area contributed by atoms with E-state index in [0.29, 0.717) is 37.9 Å². The molecule has 4 heterocycles. The summed E-state index contributed by atoms with van der Waals surface area (Å²) in [5.41, 5.74) is 0.723. The second-order valence-electron chi connectivity index (χ2n) is 7.88. The molecule has 0 radical (unpaired) electrons. The van der Waals surface area contributed by atoms with Crippen LogP contribution in [0.1, 0.15) is 35.9 Å². The topological polar surface area (TPSA) is 89.6 Å². The number of rotatable bonds is 4. The van der Waals surface area contributed by atoms with Gasteiger partial charge in [-0.1, -0.05) is 18.2 Å². The lowest BCUT2D eigenvalue weighted by molar-refractivity contribution is -0.119. The number of nitrogens with zero attached hydrogens (tertiary/aromatic N) is 3. The van der Waals surface area contributed by atoms with Gasteiger partial charge in [-0.05, 0) is 31.4 Å². The minimum Gasteiger partial charge on any atom is -0.451 e. The van der Waals surface area contributed by atoms with Crippen LogP contribution in [-0.2, 0) is 9.53 Å². The summed E-state index contributed by atoms with van der Waals surface area (Å²) in [6, 6.07) is 11.4. The van der Waals surface area contributed by atoms with Crippen LogP contribution < -0.4 is 5.32 Å². The van der Waals surface area contributed by atoms with Crippen molar-refractivity contribution in [1.82, 2.24) is 14.7 Å². The second-order valence-corrected chi connectivity index (χ2v) is 7.88. The minimum atomic E-state index is -0.100. The number of carbonyl (C=O) groups is 2. The van der Waals surface area contributed by atoms with Gasteiger partial charge in [0, 0.05) is 31.1 Å². The van der Waals surface area contributed by atoms with E-state index >= 15 is 0 Å². The maximum absolute atomic E-state index is 12.9. The molecule has 3 aromatic rings. The van der Waals surface area contributed by atoms with Gasteiger partial charge in [0.2, 0.25) is 5.91 Å². The van der Waals surface area contributed by atoms with Crippen LogP contribution in [0.5, 0.6) is 0 Å². The van der Waals surface area contributed by atoms with Crippen molar-refractivity contribution in [3.05, 3.63) is 48.4 Å². The van der Waals surface area contributed by atoms with Crippen LogP contribution in [0.2, 0.25) is 0 Å².